The molecule has 2 N–H and O–H groups in total. The molecule has 0 spiro atoms. The maximum absolute atomic E-state index is 12.3. The number of hydrogen-bond acceptors (Lipinski definition) is 4. The minimum atomic E-state index is -0.289. The van der Waals surface area contributed by atoms with Crippen molar-refractivity contribution < 1.29 is 9.53 Å². The Morgan fingerprint density at radius 3 is 2.78 bits per heavy atom. The van der Waals surface area contributed by atoms with Gasteiger partial charge in [0, 0.05) is 11.3 Å². The number of nitrogens with one attached hydrogen (secondary N) is 2. The first kappa shape index (κ1) is 17.0. The molecule has 6 nitrogen and oxygen atoms in total. The number of carbonyl (C=O) groups is 1. The van der Waals surface area contributed by atoms with Gasteiger partial charge < -0.3 is 4.74 Å². The van der Waals surface area contributed by atoms with Crippen molar-refractivity contribution >= 4 is 12.1 Å². The number of hydrogen-bond donors (Lipinski definition) is 2. The molecule has 1 amide bonds. The maximum atomic E-state index is 12.3. The van der Waals surface area contributed by atoms with E-state index in [1.165, 1.54) is 0 Å². The molecule has 0 fully saturated rings. The Labute approximate surface area is 157 Å². The molecule has 1 aliphatic carbocycles. The lowest BCUT2D eigenvalue weighted by Gasteiger charge is -2.10. The van der Waals surface area contributed by atoms with E-state index in [1.807, 2.05) is 54.6 Å². The molecule has 0 radical (unpaired) electrons. The van der Waals surface area contributed by atoms with Gasteiger partial charge in [0.25, 0.3) is 5.91 Å². The first-order valence-corrected chi connectivity index (χ1v) is 9.02. The third kappa shape index (κ3) is 4.06. The molecule has 27 heavy (non-hydrogen) atoms. The normalized spacial score (nSPS) is 13.3. The number of hydrazone groups is 1. The molecule has 1 aliphatic rings. The van der Waals surface area contributed by atoms with Crippen molar-refractivity contribution in [2.24, 2.45) is 5.10 Å². The first-order valence-electron chi connectivity index (χ1n) is 9.02. The highest BCUT2D eigenvalue weighted by atomic mass is 16.5. The zero-order chi connectivity index (χ0) is 18.5. The fourth-order valence-corrected chi connectivity index (χ4v) is 3.17. The van der Waals surface area contributed by atoms with Crippen molar-refractivity contribution in [3.8, 4) is 11.5 Å². The zero-order valence-electron chi connectivity index (χ0n) is 14.8. The molecule has 0 atom stereocenters. The Morgan fingerprint density at radius 1 is 1.07 bits per heavy atom. The fraction of sp³-hybridized carbons (Fsp3) is 0.190. The number of aryl methyl sites for hydroxylation is 1. The van der Waals surface area contributed by atoms with E-state index >= 15 is 0 Å². The van der Waals surface area contributed by atoms with Crippen LogP contribution in [0.5, 0.6) is 11.5 Å². The zero-order valence-corrected chi connectivity index (χ0v) is 14.8. The van der Waals surface area contributed by atoms with Gasteiger partial charge in [-0.05, 0) is 55.5 Å². The average molecular weight is 360 g/mol. The lowest BCUT2D eigenvalue weighted by atomic mass is 9.96. The van der Waals surface area contributed by atoms with E-state index in [0.29, 0.717) is 11.4 Å². The van der Waals surface area contributed by atoms with Crippen LogP contribution >= 0.6 is 0 Å². The average Bonchev–Trinajstić information content (AvgIpc) is 3.13. The minimum Gasteiger partial charge on any atom is -0.457 e. The lowest BCUT2D eigenvalue weighted by molar-refractivity contribution is 0.0949. The summed E-state index contributed by atoms with van der Waals surface area (Å²) in [5.41, 5.74) is 5.92. The van der Waals surface area contributed by atoms with Crippen LogP contribution in [0.2, 0.25) is 0 Å². The van der Waals surface area contributed by atoms with Gasteiger partial charge in [-0.3, -0.25) is 9.89 Å². The van der Waals surface area contributed by atoms with Crippen LogP contribution in [0.4, 0.5) is 0 Å². The lowest BCUT2D eigenvalue weighted by Crippen LogP contribution is -2.20. The van der Waals surface area contributed by atoms with E-state index < -0.39 is 0 Å². The topological polar surface area (TPSA) is 79.4 Å². The molecule has 0 bridgehead atoms. The molecule has 136 valence electrons. The number of rotatable bonds is 5. The molecule has 0 saturated carbocycles. The van der Waals surface area contributed by atoms with Gasteiger partial charge in [-0.1, -0.05) is 30.3 Å². The third-order valence-corrected chi connectivity index (χ3v) is 4.49. The van der Waals surface area contributed by atoms with Crippen LogP contribution in [0.3, 0.4) is 0 Å². The summed E-state index contributed by atoms with van der Waals surface area (Å²) in [5.74, 6) is 1.18. The Hall–Kier alpha value is -3.41. The summed E-state index contributed by atoms with van der Waals surface area (Å²) in [5, 5.41) is 11.2. The molecule has 4 rings (SSSR count). The number of fused-ring (bicyclic) bond motifs is 1. The molecule has 6 heteroatoms. The van der Waals surface area contributed by atoms with Crippen molar-refractivity contribution in [1.82, 2.24) is 15.6 Å². The van der Waals surface area contributed by atoms with Crippen LogP contribution in [0.1, 0.15) is 40.2 Å². The van der Waals surface area contributed by atoms with Crippen LogP contribution in [0.25, 0.3) is 0 Å². The van der Waals surface area contributed by atoms with E-state index in [9.17, 15) is 4.79 Å². The van der Waals surface area contributed by atoms with Gasteiger partial charge >= 0.3 is 0 Å². The highest BCUT2D eigenvalue weighted by Gasteiger charge is 2.21. The standard InChI is InChI=1S/C21H20N4O2/c26-21(20-18-11-4-5-12-19(18)23-24-20)25-22-14-15-7-6-10-17(13-15)27-16-8-2-1-3-9-16/h1-3,6-10,13-14H,4-5,11-12H2,(H,23,24)(H,25,26)/b22-14+. The van der Waals surface area contributed by atoms with Gasteiger partial charge in [-0.25, -0.2) is 5.43 Å². The maximum Gasteiger partial charge on any atom is 0.292 e. The predicted octanol–water partition coefficient (Wildman–Crippen LogP) is 3.84. The Morgan fingerprint density at radius 2 is 1.89 bits per heavy atom. The molecule has 3 aromatic rings. The van der Waals surface area contributed by atoms with Gasteiger partial charge in [0.1, 0.15) is 11.5 Å². The quantitative estimate of drug-likeness (QED) is 0.536. The Kier molecular flexibility index (Phi) is 4.96. The number of para-hydroxylation sites is 1. The summed E-state index contributed by atoms with van der Waals surface area (Å²) >= 11 is 0. The number of ether oxygens (including phenoxy) is 1. The van der Waals surface area contributed by atoms with E-state index in [2.05, 4.69) is 20.7 Å². The number of H-pyrrole nitrogens is 1. The largest absolute Gasteiger partial charge is 0.457 e. The van der Waals surface area contributed by atoms with E-state index in [-0.39, 0.29) is 5.91 Å². The Bertz CT molecular complexity index is 963. The summed E-state index contributed by atoms with van der Waals surface area (Å²) in [7, 11) is 0. The fourth-order valence-electron chi connectivity index (χ4n) is 3.17. The number of carbonyl (C=O) groups excluding carboxylic acids is 1. The monoisotopic (exact) mass is 360 g/mol. The van der Waals surface area contributed by atoms with Crippen LogP contribution in [0, 0.1) is 0 Å². The minimum absolute atomic E-state index is 0.289. The van der Waals surface area contributed by atoms with Gasteiger partial charge in [0.15, 0.2) is 5.69 Å². The smallest absolute Gasteiger partial charge is 0.292 e. The Balaban J connectivity index is 1.40. The second kappa shape index (κ2) is 7.86. The second-order valence-electron chi connectivity index (χ2n) is 6.42. The van der Waals surface area contributed by atoms with Gasteiger partial charge in [-0.15, -0.1) is 0 Å². The number of benzene rings is 2. The van der Waals surface area contributed by atoms with Gasteiger partial charge in [0.05, 0.1) is 6.21 Å². The summed E-state index contributed by atoms with van der Waals surface area (Å²) in [6.45, 7) is 0. The van der Waals surface area contributed by atoms with Crippen molar-refractivity contribution in [3.63, 3.8) is 0 Å². The second-order valence-corrected chi connectivity index (χ2v) is 6.42. The predicted molar refractivity (Wildman–Crippen MR) is 103 cm³/mol. The van der Waals surface area contributed by atoms with Crippen molar-refractivity contribution in [3.05, 3.63) is 77.1 Å². The summed E-state index contributed by atoms with van der Waals surface area (Å²) in [4.78, 5) is 12.3. The van der Waals surface area contributed by atoms with Crippen LogP contribution in [0.15, 0.2) is 59.7 Å². The molecular weight excluding hydrogens is 340 g/mol. The highest BCUT2D eigenvalue weighted by molar-refractivity contribution is 5.94. The highest BCUT2D eigenvalue weighted by Crippen LogP contribution is 2.22. The van der Waals surface area contributed by atoms with Crippen molar-refractivity contribution in [1.29, 1.82) is 0 Å². The van der Waals surface area contributed by atoms with E-state index in [4.69, 9.17) is 4.74 Å². The number of aromatic nitrogens is 2. The van der Waals surface area contributed by atoms with Crippen LogP contribution in [-0.4, -0.2) is 22.3 Å². The molecule has 2 aromatic carbocycles. The summed E-state index contributed by atoms with van der Waals surface area (Å²) in [6, 6.07) is 17.1. The number of nitrogens with zero attached hydrogens (tertiary/aromatic N) is 2. The van der Waals surface area contributed by atoms with Gasteiger partial charge in [0.2, 0.25) is 0 Å². The van der Waals surface area contributed by atoms with Crippen LogP contribution < -0.4 is 10.2 Å². The number of amides is 1. The molecular formula is C21H20N4O2. The molecule has 0 aliphatic heterocycles. The molecule has 0 unspecified atom stereocenters. The summed E-state index contributed by atoms with van der Waals surface area (Å²) in [6.07, 6.45) is 5.65. The first-order chi connectivity index (χ1) is 13.3. The summed E-state index contributed by atoms with van der Waals surface area (Å²) < 4.78 is 5.80. The number of aromatic amines is 1. The van der Waals surface area contributed by atoms with E-state index in [0.717, 1.165) is 48.3 Å². The van der Waals surface area contributed by atoms with Gasteiger partial charge in [-0.2, -0.15) is 10.2 Å². The SMILES string of the molecule is O=C(N/N=C/c1cccc(Oc2ccccc2)c1)c1n[nH]c2c1CCCC2. The molecule has 1 aromatic heterocycles. The van der Waals surface area contributed by atoms with Crippen molar-refractivity contribution in [2.75, 3.05) is 0 Å². The van der Waals surface area contributed by atoms with E-state index in [1.54, 1.807) is 6.21 Å². The molecule has 1 heterocycles. The molecule has 0 saturated heterocycles. The third-order valence-electron chi connectivity index (χ3n) is 4.49. The van der Waals surface area contributed by atoms with Crippen molar-refractivity contribution in [2.45, 2.75) is 25.7 Å². The van der Waals surface area contributed by atoms with Crippen LogP contribution in [-0.2, 0) is 12.8 Å².